The first-order valence-electron chi connectivity index (χ1n) is 6.37. The molecule has 1 aliphatic rings. The first-order valence-corrected chi connectivity index (χ1v) is 6.37. The van der Waals surface area contributed by atoms with Gasteiger partial charge in [-0.2, -0.15) is 4.98 Å². The minimum absolute atomic E-state index is 0.210. The third-order valence-electron chi connectivity index (χ3n) is 3.71. The van der Waals surface area contributed by atoms with Crippen LogP contribution in [0.25, 0.3) is 0 Å². The number of aliphatic hydroxyl groups excluding tert-OH is 1. The molecule has 2 unspecified atom stereocenters. The second-order valence-electron chi connectivity index (χ2n) is 5.15. The lowest BCUT2D eigenvalue weighted by Gasteiger charge is -2.36. The number of nitrogens with zero attached hydrogens (tertiary/aromatic N) is 2. The molecule has 3 atom stereocenters. The van der Waals surface area contributed by atoms with E-state index < -0.39 is 11.6 Å². The van der Waals surface area contributed by atoms with Crippen molar-refractivity contribution in [2.45, 2.75) is 44.2 Å². The average molecular weight is 255 g/mol. The molecule has 0 radical (unpaired) electrons. The van der Waals surface area contributed by atoms with E-state index in [-0.39, 0.29) is 12.5 Å². The van der Waals surface area contributed by atoms with E-state index in [4.69, 9.17) is 20.1 Å². The van der Waals surface area contributed by atoms with Gasteiger partial charge >= 0.3 is 0 Å². The van der Waals surface area contributed by atoms with Gasteiger partial charge in [0, 0.05) is 7.11 Å². The Labute approximate surface area is 107 Å². The predicted molar refractivity (Wildman–Crippen MR) is 64.6 cm³/mol. The largest absolute Gasteiger partial charge is 0.394 e. The monoisotopic (exact) mass is 255 g/mol. The predicted octanol–water partition coefficient (Wildman–Crippen LogP) is 1.11. The number of hydrogen-bond donors (Lipinski definition) is 2. The lowest BCUT2D eigenvalue weighted by Crippen LogP contribution is -2.35. The zero-order valence-electron chi connectivity index (χ0n) is 10.9. The van der Waals surface area contributed by atoms with Crippen molar-refractivity contribution in [1.82, 2.24) is 10.1 Å². The van der Waals surface area contributed by atoms with E-state index in [0.29, 0.717) is 11.7 Å². The van der Waals surface area contributed by atoms with Gasteiger partial charge in [0.1, 0.15) is 11.6 Å². The van der Waals surface area contributed by atoms with Crippen LogP contribution in [-0.4, -0.2) is 29.0 Å². The highest BCUT2D eigenvalue weighted by atomic mass is 16.5. The quantitative estimate of drug-likeness (QED) is 0.837. The Hall–Kier alpha value is -0.980. The molecule has 1 fully saturated rings. The van der Waals surface area contributed by atoms with Crippen molar-refractivity contribution in [2.75, 3.05) is 13.7 Å². The minimum Gasteiger partial charge on any atom is -0.394 e. The first kappa shape index (κ1) is 13.5. The van der Waals surface area contributed by atoms with Crippen LogP contribution >= 0.6 is 0 Å². The molecule has 18 heavy (non-hydrogen) atoms. The van der Waals surface area contributed by atoms with Crippen molar-refractivity contribution >= 4 is 0 Å². The molecule has 0 spiro atoms. The number of hydrogen-bond acceptors (Lipinski definition) is 6. The van der Waals surface area contributed by atoms with Gasteiger partial charge in [0.25, 0.3) is 0 Å². The Morgan fingerprint density at radius 2 is 2.44 bits per heavy atom. The molecule has 1 aromatic rings. The number of methoxy groups -OCH3 is 1. The molecule has 3 N–H and O–H groups in total. The summed E-state index contributed by atoms with van der Waals surface area (Å²) in [4.78, 5) is 4.29. The second kappa shape index (κ2) is 5.34. The Balaban J connectivity index is 2.24. The van der Waals surface area contributed by atoms with Crippen molar-refractivity contribution in [1.29, 1.82) is 0 Å². The molecule has 1 aliphatic carbocycles. The number of nitrogens with two attached hydrogens (primary N) is 1. The summed E-state index contributed by atoms with van der Waals surface area (Å²) in [5.74, 6) is 1.39. The summed E-state index contributed by atoms with van der Waals surface area (Å²) in [6.45, 7) is 1.99. The van der Waals surface area contributed by atoms with E-state index in [1.54, 1.807) is 7.11 Å². The van der Waals surface area contributed by atoms with Gasteiger partial charge in [-0.1, -0.05) is 18.5 Å². The maximum Gasteiger partial charge on any atom is 0.246 e. The van der Waals surface area contributed by atoms with Gasteiger partial charge in [0.2, 0.25) is 11.7 Å². The van der Waals surface area contributed by atoms with E-state index in [1.165, 1.54) is 6.42 Å². The van der Waals surface area contributed by atoms with Gasteiger partial charge in [-0.3, -0.25) is 0 Å². The molecule has 2 rings (SSSR count). The molecule has 6 heteroatoms. The zero-order valence-corrected chi connectivity index (χ0v) is 10.9. The van der Waals surface area contributed by atoms with Crippen LogP contribution in [0.2, 0.25) is 0 Å². The van der Waals surface area contributed by atoms with Gasteiger partial charge in [0.15, 0.2) is 0 Å². The van der Waals surface area contributed by atoms with Gasteiger partial charge in [0.05, 0.1) is 6.61 Å². The van der Waals surface area contributed by atoms with Gasteiger partial charge in [-0.15, -0.1) is 0 Å². The van der Waals surface area contributed by atoms with E-state index in [9.17, 15) is 0 Å². The lowest BCUT2D eigenvalue weighted by molar-refractivity contribution is -0.0658. The molecule has 6 nitrogen and oxygen atoms in total. The Morgan fingerprint density at radius 3 is 3.06 bits per heavy atom. The fourth-order valence-electron chi connectivity index (χ4n) is 2.63. The Kier molecular flexibility index (Phi) is 3.99. The summed E-state index contributed by atoms with van der Waals surface area (Å²) in [6.07, 6.45) is 4.06. The van der Waals surface area contributed by atoms with Crippen LogP contribution in [0, 0.1) is 5.92 Å². The molecular formula is C12H21N3O3. The molecular weight excluding hydrogens is 234 g/mol. The zero-order chi connectivity index (χ0) is 13.2. The molecule has 1 aromatic heterocycles. The number of ether oxygens (including phenoxy) is 1. The number of aliphatic hydroxyl groups is 1. The molecule has 1 heterocycles. The van der Waals surface area contributed by atoms with Crippen LogP contribution < -0.4 is 5.73 Å². The van der Waals surface area contributed by atoms with E-state index >= 15 is 0 Å². The average Bonchev–Trinajstić information content (AvgIpc) is 2.87. The highest BCUT2D eigenvalue weighted by Crippen LogP contribution is 2.41. The molecule has 0 saturated heterocycles. The van der Waals surface area contributed by atoms with Gasteiger partial charge < -0.3 is 20.1 Å². The van der Waals surface area contributed by atoms with Crippen LogP contribution in [0.15, 0.2) is 4.52 Å². The van der Waals surface area contributed by atoms with Crippen LogP contribution in [0.3, 0.4) is 0 Å². The van der Waals surface area contributed by atoms with E-state index in [0.717, 1.165) is 19.3 Å². The Morgan fingerprint density at radius 1 is 1.67 bits per heavy atom. The normalized spacial score (nSPS) is 30.3. The number of aromatic nitrogens is 2. The van der Waals surface area contributed by atoms with Crippen molar-refractivity contribution in [3.05, 3.63) is 11.7 Å². The smallest absolute Gasteiger partial charge is 0.246 e. The molecule has 0 aliphatic heterocycles. The van der Waals surface area contributed by atoms with Crippen LogP contribution in [-0.2, 0) is 10.3 Å². The van der Waals surface area contributed by atoms with Crippen LogP contribution in [0.5, 0.6) is 0 Å². The summed E-state index contributed by atoms with van der Waals surface area (Å²) < 4.78 is 10.8. The van der Waals surface area contributed by atoms with Gasteiger partial charge in [-0.05, 0) is 25.2 Å². The van der Waals surface area contributed by atoms with Gasteiger partial charge in [-0.25, -0.2) is 0 Å². The van der Waals surface area contributed by atoms with Crippen molar-refractivity contribution in [3.63, 3.8) is 0 Å². The summed E-state index contributed by atoms with van der Waals surface area (Å²) in [5.41, 5.74) is 5.20. The minimum atomic E-state index is -0.624. The topological polar surface area (TPSA) is 94.4 Å². The summed E-state index contributed by atoms with van der Waals surface area (Å²) in [6, 6.07) is -0.624. The molecule has 0 bridgehead atoms. The number of rotatable bonds is 4. The third kappa shape index (κ3) is 2.41. The molecule has 0 aromatic carbocycles. The lowest BCUT2D eigenvalue weighted by atomic mass is 9.78. The summed E-state index contributed by atoms with van der Waals surface area (Å²) in [5, 5.41) is 13.0. The van der Waals surface area contributed by atoms with Crippen molar-refractivity contribution < 1.29 is 14.4 Å². The standard InChI is InChI=1S/C12H21N3O3/c1-8-4-3-5-12(6-8,17-2)11-14-10(18-15-11)9(13)7-16/h8-9,16H,3-7,13H2,1-2H3/t8?,9-,12?/m1/s1. The molecule has 1 saturated carbocycles. The summed E-state index contributed by atoms with van der Waals surface area (Å²) in [7, 11) is 1.68. The summed E-state index contributed by atoms with van der Waals surface area (Å²) >= 11 is 0. The Bertz CT molecular complexity index is 396. The molecule has 0 amide bonds. The highest BCUT2D eigenvalue weighted by Gasteiger charge is 2.41. The van der Waals surface area contributed by atoms with Crippen molar-refractivity contribution in [3.8, 4) is 0 Å². The van der Waals surface area contributed by atoms with Crippen LogP contribution in [0.1, 0.15) is 50.4 Å². The van der Waals surface area contributed by atoms with Crippen LogP contribution in [0.4, 0.5) is 0 Å². The first-order chi connectivity index (χ1) is 8.61. The van der Waals surface area contributed by atoms with Crippen molar-refractivity contribution in [2.24, 2.45) is 11.7 Å². The fourth-order valence-corrected chi connectivity index (χ4v) is 2.63. The third-order valence-corrected chi connectivity index (χ3v) is 3.71. The fraction of sp³-hybridized carbons (Fsp3) is 0.833. The highest BCUT2D eigenvalue weighted by molar-refractivity contribution is 5.05. The maximum atomic E-state index is 8.99. The SMILES string of the molecule is COC1(c2noc([C@H](N)CO)n2)CCCC(C)C1. The second-order valence-corrected chi connectivity index (χ2v) is 5.15. The molecule has 102 valence electrons. The van der Waals surface area contributed by atoms with E-state index in [2.05, 4.69) is 17.1 Å². The van der Waals surface area contributed by atoms with E-state index in [1.807, 2.05) is 0 Å². The maximum absolute atomic E-state index is 8.99.